The molecule has 0 saturated heterocycles. The zero-order valence-corrected chi connectivity index (χ0v) is 6.93. The third-order valence-corrected chi connectivity index (χ3v) is 1.81. The van der Waals surface area contributed by atoms with E-state index in [4.69, 9.17) is 10.5 Å². The highest BCUT2D eigenvalue weighted by atomic mass is 32.1. The fraction of sp³-hybridized carbons (Fsp3) is 0.600. The normalized spacial score (nSPS) is 10.3. The largest absolute Gasteiger partial charge is 0.383 e. The van der Waals surface area contributed by atoms with Gasteiger partial charge in [-0.05, 0) is 11.3 Å². The second-order valence-electron chi connectivity index (χ2n) is 1.92. The van der Waals surface area contributed by atoms with E-state index in [1.807, 2.05) is 0 Å². The minimum absolute atomic E-state index is 0.139. The Morgan fingerprint density at radius 2 is 2.55 bits per heavy atom. The fourth-order valence-corrected chi connectivity index (χ4v) is 1.20. The van der Waals surface area contributed by atoms with Crippen molar-refractivity contribution in [2.75, 3.05) is 19.5 Å². The van der Waals surface area contributed by atoms with E-state index in [9.17, 15) is 4.79 Å². The van der Waals surface area contributed by atoms with Gasteiger partial charge in [-0.3, -0.25) is 4.79 Å². The van der Waals surface area contributed by atoms with Crippen molar-refractivity contribution < 1.29 is 4.74 Å². The Hall–Kier alpha value is -0.880. The highest BCUT2D eigenvalue weighted by Gasteiger charge is 2.00. The molecular formula is C5H9N3O2S. The van der Waals surface area contributed by atoms with Crippen LogP contribution in [0.2, 0.25) is 0 Å². The van der Waals surface area contributed by atoms with Gasteiger partial charge in [0.15, 0.2) is 0 Å². The Labute approximate surface area is 67.4 Å². The van der Waals surface area contributed by atoms with Gasteiger partial charge >= 0.3 is 4.87 Å². The van der Waals surface area contributed by atoms with Crippen LogP contribution in [0.5, 0.6) is 0 Å². The van der Waals surface area contributed by atoms with Gasteiger partial charge in [-0.1, -0.05) is 0 Å². The smallest absolute Gasteiger partial charge is 0.326 e. The van der Waals surface area contributed by atoms with Crippen LogP contribution >= 0.6 is 11.3 Å². The van der Waals surface area contributed by atoms with Gasteiger partial charge in [0.05, 0.1) is 13.2 Å². The number of aromatic nitrogens is 2. The molecule has 1 aromatic rings. The van der Waals surface area contributed by atoms with Crippen LogP contribution in [0.1, 0.15) is 0 Å². The summed E-state index contributed by atoms with van der Waals surface area (Å²) in [6, 6.07) is 0. The molecule has 0 amide bonds. The molecule has 0 aromatic carbocycles. The summed E-state index contributed by atoms with van der Waals surface area (Å²) in [4.78, 5) is 10.8. The molecular weight excluding hydrogens is 166 g/mol. The number of ether oxygens (including phenoxy) is 1. The van der Waals surface area contributed by atoms with Crippen molar-refractivity contribution in [1.29, 1.82) is 0 Å². The third kappa shape index (κ3) is 2.02. The standard InChI is InChI=1S/C5H9N3O2S/c1-10-3-2-8-5(9)11-4(6)7-8/h2-3H2,1H3,(H2,6,7). The van der Waals surface area contributed by atoms with E-state index in [0.717, 1.165) is 11.3 Å². The molecule has 0 radical (unpaired) electrons. The van der Waals surface area contributed by atoms with Gasteiger partial charge < -0.3 is 10.5 Å². The zero-order valence-electron chi connectivity index (χ0n) is 6.11. The van der Waals surface area contributed by atoms with E-state index in [1.165, 1.54) is 4.68 Å². The van der Waals surface area contributed by atoms with Crippen LogP contribution < -0.4 is 10.6 Å². The summed E-state index contributed by atoms with van der Waals surface area (Å²) in [5, 5.41) is 4.07. The zero-order chi connectivity index (χ0) is 8.27. The van der Waals surface area contributed by atoms with Crippen molar-refractivity contribution in [3.8, 4) is 0 Å². The number of nitrogens with zero attached hydrogens (tertiary/aromatic N) is 2. The number of hydrogen-bond donors (Lipinski definition) is 1. The molecule has 0 spiro atoms. The first-order chi connectivity index (χ1) is 5.24. The molecule has 62 valence electrons. The van der Waals surface area contributed by atoms with E-state index >= 15 is 0 Å². The third-order valence-electron chi connectivity index (χ3n) is 1.13. The minimum Gasteiger partial charge on any atom is -0.383 e. The van der Waals surface area contributed by atoms with E-state index in [0.29, 0.717) is 18.3 Å². The van der Waals surface area contributed by atoms with Crippen molar-refractivity contribution in [3.05, 3.63) is 9.67 Å². The first-order valence-electron chi connectivity index (χ1n) is 3.06. The van der Waals surface area contributed by atoms with Gasteiger partial charge in [0.2, 0.25) is 5.13 Å². The molecule has 1 aromatic heterocycles. The summed E-state index contributed by atoms with van der Waals surface area (Å²) in [5.41, 5.74) is 5.30. The van der Waals surface area contributed by atoms with Gasteiger partial charge in [0.1, 0.15) is 0 Å². The van der Waals surface area contributed by atoms with Crippen molar-refractivity contribution in [1.82, 2.24) is 9.78 Å². The average molecular weight is 175 g/mol. The van der Waals surface area contributed by atoms with Crippen LogP contribution in [0.25, 0.3) is 0 Å². The Kier molecular flexibility index (Phi) is 2.61. The molecule has 0 aliphatic carbocycles. The van der Waals surface area contributed by atoms with Crippen LogP contribution in [0.3, 0.4) is 0 Å². The van der Waals surface area contributed by atoms with Gasteiger partial charge in [-0.2, -0.15) is 0 Å². The predicted molar refractivity (Wildman–Crippen MR) is 42.7 cm³/mol. The highest BCUT2D eigenvalue weighted by molar-refractivity contribution is 7.12. The summed E-state index contributed by atoms with van der Waals surface area (Å²) in [6.07, 6.45) is 0. The van der Waals surface area contributed by atoms with E-state index in [-0.39, 0.29) is 4.87 Å². The second-order valence-corrected chi connectivity index (χ2v) is 2.89. The lowest BCUT2D eigenvalue weighted by Gasteiger charge is -1.95. The first kappa shape index (κ1) is 8.22. The van der Waals surface area contributed by atoms with Crippen LogP contribution in [0.4, 0.5) is 5.13 Å². The van der Waals surface area contributed by atoms with Gasteiger partial charge in [0.25, 0.3) is 0 Å². The molecule has 11 heavy (non-hydrogen) atoms. The average Bonchev–Trinajstić information content (AvgIpc) is 2.26. The monoisotopic (exact) mass is 175 g/mol. The van der Waals surface area contributed by atoms with Gasteiger partial charge in [-0.15, -0.1) is 5.10 Å². The summed E-state index contributed by atoms with van der Waals surface area (Å²) in [6.45, 7) is 0.937. The molecule has 0 unspecified atom stereocenters. The van der Waals surface area contributed by atoms with Crippen molar-refractivity contribution in [2.24, 2.45) is 0 Å². The number of nitrogens with two attached hydrogens (primary N) is 1. The minimum atomic E-state index is -0.139. The van der Waals surface area contributed by atoms with E-state index in [1.54, 1.807) is 7.11 Å². The molecule has 1 rings (SSSR count). The van der Waals surface area contributed by atoms with Gasteiger partial charge in [-0.25, -0.2) is 4.68 Å². The SMILES string of the molecule is COCCn1nc(N)sc1=O. The molecule has 0 bridgehead atoms. The van der Waals surface area contributed by atoms with Crippen LogP contribution in [-0.4, -0.2) is 23.5 Å². The van der Waals surface area contributed by atoms with Crippen LogP contribution in [-0.2, 0) is 11.3 Å². The number of hydrogen-bond acceptors (Lipinski definition) is 5. The Bertz CT molecular complexity index is 280. The summed E-state index contributed by atoms with van der Waals surface area (Å²) < 4.78 is 6.07. The maximum Gasteiger partial charge on any atom is 0.326 e. The summed E-state index contributed by atoms with van der Waals surface area (Å²) in [7, 11) is 1.57. The Morgan fingerprint density at radius 3 is 3.00 bits per heavy atom. The maximum absolute atomic E-state index is 10.9. The first-order valence-corrected chi connectivity index (χ1v) is 3.88. The molecule has 0 atom stereocenters. The number of nitrogen functional groups attached to an aromatic ring is 1. The molecule has 6 heteroatoms. The van der Waals surface area contributed by atoms with Crippen LogP contribution in [0.15, 0.2) is 4.79 Å². The Balaban J connectivity index is 2.70. The molecule has 0 fully saturated rings. The van der Waals surface area contributed by atoms with Crippen LogP contribution in [0, 0.1) is 0 Å². The van der Waals surface area contributed by atoms with Gasteiger partial charge in [0, 0.05) is 7.11 Å². The quantitative estimate of drug-likeness (QED) is 0.674. The van der Waals surface area contributed by atoms with Crippen molar-refractivity contribution >= 4 is 16.5 Å². The number of anilines is 1. The lowest BCUT2D eigenvalue weighted by atomic mass is 10.7. The second kappa shape index (κ2) is 3.49. The van der Waals surface area contributed by atoms with Crippen molar-refractivity contribution in [2.45, 2.75) is 6.54 Å². The van der Waals surface area contributed by atoms with Crippen molar-refractivity contribution in [3.63, 3.8) is 0 Å². The number of rotatable bonds is 3. The predicted octanol–water partition coefficient (Wildman–Crippen LogP) is -0.467. The Morgan fingerprint density at radius 1 is 1.82 bits per heavy atom. The lowest BCUT2D eigenvalue weighted by Crippen LogP contribution is -2.17. The topological polar surface area (TPSA) is 70.1 Å². The molecule has 0 aliphatic heterocycles. The summed E-state index contributed by atoms with van der Waals surface area (Å²) >= 11 is 0.938. The lowest BCUT2D eigenvalue weighted by molar-refractivity contribution is 0.183. The molecule has 0 aliphatic rings. The molecule has 0 saturated carbocycles. The highest BCUT2D eigenvalue weighted by Crippen LogP contribution is 1.97. The summed E-state index contributed by atoms with van der Waals surface area (Å²) in [5.74, 6) is 0. The molecule has 5 nitrogen and oxygen atoms in total. The molecule has 1 heterocycles. The molecule has 2 N–H and O–H groups in total. The van der Waals surface area contributed by atoms with E-state index in [2.05, 4.69) is 5.10 Å². The fourth-order valence-electron chi connectivity index (χ4n) is 0.641. The number of methoxy groups -OCH3 is 1. The maximum atomic E-state index is 10.9. The van der Waals surface area contributed by atoms with E-state index < -0.39 is 0 Å².